The van der Waals surface area contributed by atoms with Crippen molar-refractivity contribution in [2.45, 2.75) is 32.7 Å². The van der Waals surface area contributed by atoms with Gasteiger partial charge in [0.2, 0.25) is 5.75 Å². The molecule has 2 rings (SSSR count). The van der Waals surface area contributed by atoms with E-state index in [2.05, 4.69) is 5.32 Å². The fraction of sp³-hybridized carbons (Fsp3) is 0.600. The predicted octanol–water partition coefficient (Wildman–Crippen LogP) is 2.37. The fourth-order valence-corrected chi connectivity index (χ4v) is 3.39. The van der Waals surface area contributed by atoms with Gasteiger partial charge in [0.25, 0.3) is 5.91 Å². The van der Waals surface area contributed by atoms with Gasteiger partial charge < -0.3 is 29.3 Å². The Morgan fingerprint density at radius 1 is 1.04 bits per heavy atom. The minimum atomic E-state index is -0.0900. The van der Waals surface area contributed by atoms with Crippen LogP contribution >= 0.6 is 0 Å². The second-order valence-electron chi connectivity index (χ2n) is 6.60. The molecular formula is C20H31N3O5. The lowest BCUT2D eigenvalue weighted by Crippen LogP contribution is -2.50. The van der Waals surface area contributed by atoms with Gasteiger partial charge in [-0.3, -0.25) is 4.79 Å². The van der Waals surface area contributed by atoms with Crippen LogP contribution in [-0.2, 0) is 0 Å². The lowest BCUT2D eigenvalue weighted by Gasteiger charge is -2.33. The van der Waals surface area contributed by atoms with Crippen molar-refractivity contribution in [2.24, 2.45) is 0 Å². The fourth-order valence-electron chi connectivity index (χ4n) is 3.39. The van der Waals surface area contributed by atoms with E-state index >= 15 is 0 Å². The van der Waals surface area contributed by atoms with E-state index < -0.39 is 0 Å². The summed E-state index contributed by atoms with van der Waals surface area (Å²) in [6.07, 6.45) is 1.45. The molecule has 1 N–H and O–H groups in total. The summed E-state index contributed by atoms with van der Waals surface area (Å²) in [5.74, 6) is 1.27. The van der Waals surface area contributed by atoms with E-state index in [9.17, 15) is 9.59 Å². The van der Waals surface area contributed by atoms with Gasteiger partial charge in [-0.1, -0.05) is 0 Å². The number of nitrogens with one attached hydrogen (secondary N) is 1. The van der Waals surface area contributed by atoms with Gasteiger partial charge in [-0.25, -0.2) is 4.79 Å². The van der Waals surface area contributed by atoms with Crippen LogP contribution in [0.3, 0.4) is 0 Å². The summed E-state index contributed by atoms with van der Waals surface area (Å²) in [4.78, 5) is 28.7. The maximum atomic E-state index is 12.9. The summed E-state index contributed by atoms with van der Waals surface area (Å²) in [6.45, 7) is 6.45. The molecule has 0 saturated carbocycles. The van der Waals surface area contributed by atoms with Gasteiger partial charge in [0.05, 0.1) is 21.3 Å². The van der Waals surface area contributed by atoms with Crippen LogP contribution in [0.25, 0.3) is 0 Å². The number of rotatable bonds is 7. The third kappa shape index (κ3) is 4.79. The van der Waals surface area contributed by atoms with E-state index in [-0.39, 0.29) is 18.0 Å². The number of methoxy groups -OCH3 is 3. The average Bonchev–Trinajstić information content (AvgIpc) is 2.73. The van der Waals surface area contributed by atoms with Crippen molar-refractivity contribution < 1.29 is 23.8 Å². The van der Waals surface area contributed by atoms with E-state index in [1.165, 1.54) is 21.3 Å². The molecular weight excluding hydrogens is 362 g/mol. The maximum absolute atomic E-state index is 12.9. The Morgan fingerprint density at radius 2 is 1.57 bits per heavy atom. The van der Waals surface area contributed by atoms with Crippen LogP contribution in [0, 0.1) is 0 Å². The number of hydrogen-bond donors (Lipinski definition) is 1. The summed E-state index contributed by atoms with van der Waals surface area (Å²) in [7, 11) is 4.57. The Labute approximate surface area is 166 Å². The summed E-state index contributed by atoms with van der Waals surface area (Å²) in [5, 5.41) is 3.06. The summed E-state index contributed by atoms with van der Waals surface area (Å²) >= 11 is 0. The molecule has 0 spiro atoms. The Balaban J connectivity index is 2.03. The van der Waals surface area contributed by atoms with Crippen LogP contribution in [0.4, 0.5) is 4.79 Å². The molecule has 1 heterocycles. The third-order valence-corrected chi connectivity index (χ3v) is 5.07. The zero-order valence-electron chi connectivity index (χ0n) is 17.4. The highest BCUT2D eigenvalue weighted by Gasteiger charge is 2.27. The largest absolute Gasteiger partial charge is 0.493 e. The van der Waals surface area contributed by atoms with E-state index in [1.807, 2.05) is 13.8 Å². The van der Waals surface area contributed by atoms with E-state index in [4.69, 9.17) is 14.2 Å². The molecule has 0 aliphatic carbocycles. The Kier molecular flexibility index (Phi) is 7.78. The molecule has 156 valence electrons. The lowest BCUT2D eigenvalue weighted by atomic mass is 10.0. The zero-order chi connectivity index (χ0) is 20.7. The summed E-state index contributed by atoms with van der Waals surface area (Å²) < 4.78 is 16.0. The highest BCUT2D eigenvalue weighted by Crippen LogP contribution is 2.38. The van der Waals surface area contributed by atoms with Crippen molar-refractivity contribution in [1.29, 1.82) is 0 Å². The molecule has 28 heavy (non-hydrogen) atoms. The Hall–Kier alpha value is -2.64. The Morgan fingerprint density at radius 3 is 2.00 bits per heavy atom. The number of carbonyl (C=O) groups is 2. The molecule has 0 unspecified atom stereocenters. The zero-order valence-corrected chi connectivity index (χ0v) is 17.4. The van der Waals surface area contributed by atoms with Gasteiger partial charge in [-0.05, 0) is 38.8 Å². The predicted molar refractivity (Wildman–Crippen MR) is 106 cm³/mol. The quantitative estimate of drug-likeness (QED) is 0.769. The van der Waals surface area contributed by atoms with Crippen LogP contribution in [-0.4, -0.2) is 75.3 Å². The number of hydrogen-bond acceptors (Lipinski definition) is 5. The smallest absolute Gasteiger partial charge is 0.317 e. The minimum Gasteiger partial charge on any atom is -0.493 e. The summed E-state index contributed by atoms with van der Waals surface area (Å²) in [6, 6.07) is 3.37. The minimum absolute atomic E-state index is 0.0422. The molecule has 1 aliphatic rings. The van der Waals surface area contributed by atoms with Gasteiger partial charge in [0, 0.05) is 37.8 Å². The first-order valence-electron chi connectivity index (χ1n) is 9.63. The number of benzene rings is 1. The molecule has 0 aromatic heterocycles. The second kappa shape index (κ2) is 10.1. The number of amides is 3. The first kappa shape index (κ1) is 21.7. The molecule has 1 aromatic rings. The number of nitrogens with zero attached hydrogens (tertiary/aromatic N) is 2. The monoisotopic (exact) mass is 393 g/mol. The first-order chi connectivity index (χ1) is 13.5. The number of urea groups is 1. The lowest BCUT2D eigenvalue weighted by molar-refractivity contribution is 0.0705. The molecule has 0 radical (unpaired) electrons. The molecule has 3 amide bonds. The molecule has 0 bridgehead atoms. The van der Waals surface area contributed by atoms with Crippen molar-refractivity contribution in [1.82, 2.24) is 15.1 Å². The molecule has 1 aliphatic heterocycles. The van der Waals surface area contributed by atoms with E-state index in [1.54, 1.807) is 21.9 Å². The van der Waals surface area contributed by atoms with Crippen LogP contribution < -0.4 is 19.5 Å². The molecule has 8 heteroatoms. The van der Waals surface area contributed by atoms with Crippen LogP contribution in [0.2, 0.25) is 0 Å². The molecule has 0 atom stereocenters. The summed E-state index contributed by atoms with van der Waals surface area (Å²) in [5.41, 5.74) is 0.486. The molecule has 1 fully saturated rings. The number of carbonyl (C=O) groups excluding carboxylic acids is 2. The van der Waals surface area contributed by atoms with Crippen molar-refractivity contribution in [3.63, 3.8) is 0 Å². The van der Waals surface area contributed by atoms with Crippen molar-refractivity contribution in [3.8, 4) is 17.2 Å². The SMILES string of the molecule is CCN(CC)C(=O)NC1CCN(C(=O)c2cc(OC)c(OC)c(OC)c2)CC1. The number of likely N-dealkylation sites (tertiary alicyclic amines) is 1. The average molecular weight is 393 g/mol. The highest BCUT2D eigenvalue weighted by molar-refractivity contribution is 5.95. The van der Waals surface area contributed by atoms with Crippen molar-refractivity contribution >= 4 is 11.9 Å². The number of piperidine rings is 1. The second-order valence-corrected chi connectivity index (χ2v) is 6.60. The van der Waals surface area contributed by atoms with Gasteiger partial charge in [-0.15, -0.1) is 0 Å². The van der Waals surface area contributed by atoms with Gasteiger partial charge in [0.1, 0.15) is 0 Å². The van der Waals surface area contributed by atoms with Crippen molar-refractivity contribution in [3.05, 3.63) is 17.7 Å². The Bertz CT molecular complexity index is 657. The van der Waals surface area contributed by atoms with E-state index in [0.29, 0.717) is 49.0 Å². The first-order valence-corrected chi connectivity index (χ1v) is 9.63. The van der Waals surface area contributed by atoms with Gasteiger partial charge >= 0.3 is 6.03 Å². The van der Waals surface area contributed by atoms with Gasteiger partial charge in [0.15, 0.2) is 11.5 Å². The third-order valence-electron chi connectivity index (χ3n) is 5.07. The van der Waals surface area contributed by atoms with Crippen LogP contribution in [0.15, 0.2) is 12.1 Å². The normalized spacial score (nSPS) is 14.4. The van der Waals surface area contributed by atoms with E-state index in [0.717, 1.165) is 12.8 Å². The van der Waals surface area contributed by atoms with Crippen LogP contribution in [0.5, 0.6) is 17.2 Å². The van der Waals surface area contributed by atoms with Gasteiger partial charge in [-0.2, -0.15) is 0 Å². The highest BCUT2D eigenvalue weighted by atomic mass is 16.5. The topological polar surface area (TPSA) is 80.3 Å². The maximum Gasteiger partial charge on any atom is 0.317 e. The van der Waals surface area contributed by atoms with Crippen molar-refractivity contribution in [2.75, 3.05) is 47.5 Å². The number of ether oxygens (including phenoxy) is 3. The standard InChI is InChI=1S/C20H31N3O5/c1-6-22(7-2)20(25)21-15-8-10-23(11-9-15)19(24)14-12-16(26-3)18(28-5)17(13-14)27-4/h12-13,15H,6-11H2,1-5H3,(H,21,25). The molecule has 1 aromatic carbocycles. The molecule has 1 saturated heterocycles. The van der Waals surface area contributed by atoms with Crippen LogP contribution in [0.1, 0.15) is 37.0 Å². The molecule has 8 nitrogen and oxygen atoms in total.